The number of hydrogen-bond acceptors (Lipinski definition) is 4. The zero-order valence-corrected chi connectivity index (χ0v) is 11.9. The summed E-state index contributed by atoms with van der Waals surface area (Å²) in [5.74, 6) is -0.0980. The highest BCUT2D eigenvalue weighted by molar-refractivity contribution is 5.98. The topological polar surface area (TPSA) is 78.6 Å². The predicted octanol–water partition coefficient (Wildman–Crippen LogP) is 1.33. The molecule has 0 bridgehead atoms. The Morgan fingerprint density at radius 2 is 2.05 bits per heavy atom. The summed E-state index contributed by atoms with van der Waals surface area (Å²) in [7, 11) is 0. The van der Waals surface area contributed by atoms with Gasteiger partial charge in [0.15, 0.2) is 0 Å². The van der Waals surface area contributed by atoms with E-state index in [1.807, 2.05) is 31.2 Å². The molecule has 0 heterocycles. The smallest absolute Gasteiger partial charge is 0.244 e. The van der Waals surface area contributed by atoms with Crippen LogP contribution in [-0.4, -0.2) is 36.2 Å². The van der Waals surface area contributed by atoms with E-state index < -0.39 is 5.54 Å². The van der Waals surface area contributed by atoms with E-state index in [4.69, 9.17) is 10.8 Å². The Kier molecular flexibility index (Phi) is 4.62. The van der Waals surface area contributed by atoms with Crippen LogP contribution in [0.5, 0.6) is 0 Å². The summed E-state index contributed by atoms with van der Waals surface area (Å²) >= 11 is 0. The van der Waals surface area contributed by atoms with Gasteiger partial charge in [-0.05, 0) is 50.5 Å². The van der Waals surface area contributed by atoms with Crippen LogP contribution in [0.15, 0.2) is 24.3 Å². The molecule has 1 fully saturated rings. The van der Waals surface area contributed by atoms with Crippen LogP contribution in [0.2, 0.25) is 0 Å². The molecule has 5 nitrogen and oxygen atoms in total. The SMILES string of the molecule is CCN(CCO)c1ccc(NC(=O)C2(N)CCC2)cc1. The number of anilines is 2. The number of rotatable bonds is 6. The van der Waals surface area contributed by atoms with E-state index in [2.05, 4.69) is 10.2 Å². The summed E-state index contributed by atoms with van der Waals surface area (Å²) in [5, 5.41) is 11.9. The molecule has 1 aliphatic carbocycles. The summed E-state index contributed by atoms with van der Waals surface area (Å²) in [5.41, 5.74) is 7.10. The maximum absolute atomic E-state index is 12.0. The van der Waals surface area contributed by atoms with Crippen molar-refractivity contribution >= 4 is 17.3 Å². The quantitative estimate of drug-likeness (QED) is 0.733. The second kappa shape index (κ2) is 6.24. The van der Waals surface area contributed by atoms with Gasteiger partial charge in [0.05, 0.1) is 12.1 Å². The van der Waals surface area contributed by atoms with Crippen LogP contribution in [0.25, 0.3) is 0 Å². The summed E-state index contributed by atoms with van der Waals surface area (Å²) in [6.07, 6.45) is 2.55. The molecule has 2 rings (SSSR count). The molecule has 4 N–H and O–H groups in total. The Labute approximate surface area is 119 Å². The van der Waals surface area contributed by atoms with E-state index in [1.165, 1.54) is 0 Å². The molecular formula is C15H23N3O2. The van der Waals surface area contributed by atoms with Crippen molar-refractivity contribution in [2.24, 2.45) is 5.73 Å². The fourth-order valence-electron chi connectivity index (χ4n) is 2.39. The van der Waals surface area contributed by atoms with E-state index in [1.54, 1.807) is 0 Å². The van der Waals surface area contributed by atoms with Gasteiger partial charge in [-0.3, -0.25) is 4.79 Å². The van der Waals surface area contributed by atoms with Crippen LogP contribution in [0.4, 0.5) is 11.4 Å². The number of amides is 1. The lowest BCUT2D eigenvalue weighted by molar-refractivity contribution is -0.123. The van der Waals surface area contributed by atoms with Gasteiger partial charge >= 0.3 is 0 Å². The van der Waals surface area contributed by atoms with Crippen LogP contribution in [0.1, 0.15) is 26.2 Å². The molecule has 1 saturated carbocycles. The Bertz CT molecular complexity index is 455. The molecule has 1 aliphatic rings. The zero-order chi connectivity index (χ0) is 14.6. The lowest BCUT2D eigenvalue weighted by atomic mass is 9.77. The Morgan fingerprint density at radius 1 is 1.40 bits per heavy atom. The van der Waals surface area contributed by atoms with Gasteiger partial charge < -0.3 is 21.1 Å². The molecule has 5 heteroatoms. The van der Waals surface area contributed by atoms with E-state index >= 15 is 0 Å². The standard InChI is InChI=1S/C15H23N3O2/c1-2-18(10-11-19)13-6-4-12(5-7-13)17-14(20)15(16)8-3-9-15/h4-7,19H,2-3,8-11,16H2,1H3,(H,17,20). The van der Waals surface area contributed by atoms with Crippen molar-refractivity contribution in [3.63, 3.8) is 0 Å². The Balaban J connectivity index is 1.99. The number of carbonyl (C=O) groups is 1. The van der Waals surface area contributed by atoms with Crippen LogP contribution in [0, 0.1) is 0 Å². The number of nitrogens with two attached hydrogens (primary N) is 1. The van der Waals surface area contributed by atoms with Crippen molar-refractivity contribution in [1.82, 2.24) is 0 Å². The number of hydrogen-bond donors (Lipinski definition) is 3. The third-order valence-corrected chi connectivity index (χ3v) is 3.94. The minimum Gasteiger partial charge on any atom is -0.395 e. The van der Waals surface area contributed by atoms with Crippen LogP contribution in [0.3, 0.4) is 0 Å². The second-order valence-corrected chi connectivity index (χ2v) is 5.31. The van der Waals surface area contributed by atoms with Gasteiger partial charge in [0.1, 0.15) is 0 Å². The van der Waals surface area contributed by atoms with Gasteiger partial charge in [-0.1, -0.05) is 0 Å². The third kappa shape index (κ3) is 3.11. The van der Waals surface area contributed by atoms with Crippen molar-refractivity contribution in [2.45, 2.75) is 31.7 Å². The highest BCUT2D eigenvalue weighted by atomic mass is 16.3. The molecule has 0 unspecified atom stereocenters. The monoisotopic (exact) mass is 277 g/mol. The first kappa shape index (κ1) is 14.8. The lowest BCUT2D eigenvalue weighted by Gasteiger charge is -2.36. The molecule has 110 valence electrons. The largest absolute Gasteiger partial charge is 0.395 e. The minimum atomic E-state index is -0.676. The highest BCUT2D eigenvalue weighted by Gasteiger charge is 2.40. The zero-order valence-electron chi connectivity index (χ0n) is 11.9. The van der Waals surface area contributed by atoms with Gasteiger partial charge in [-0.15, -0.1) is 0 Å². The summed E-state index contributed by atoms with van der Waals surface area (Å²) in [4.78, 5) is 14.1. The fourth-order valence-corrected chi connectivity index (χ4v) is 2.39. The van der Waals surface area contributed by atoms with Gasteiger partial charge in [0.25, 0.3) is 0 Å². The van der Waals surface area contributed by atoms with Gasteiger partial charge in [0.2, 0.25) is 5.91 Å². The van der Waals surface area contributed by atoms with Crippen molar-refractivity contribution in [3.05, 3.63) is 24.3 Å². The normalized spacial score (nSPS) is 16.4. The predicted molar refractivity (Wildman–Crippen MR) is 80.8 cm³/mol. The maximum atomic E-state index is 12.0. The van der Waals surface area contributed by atoms with Gasteiger partial charge in [-0.2, -0.15) is 0 Å². The number of nitrogens with one attached hydrogen (secondary N) is 1. The number of benzene rings is 1. The van der Waals surface area contributed by atoms with Gasteiger partial charge in [0, 0.05) is 24.5 Å². The average Bonchev–Trinajstić information content (AvgIpc) is 2.43. The van der Waals surface area contributed by atoms with E-state index in [9.17, 15) is 4.79 Å². The molecule has 0 atom stereocenters. The molecule has 1 amide bonds. The number of aliphatic hydroxyl groups is 1. The van der Waals surface area contributed by atoms with Crippen LogP contribution in [-0.2, 0) is 4.79 Å². The maximum Gasteiger partial charge on any atom is 0.244 e. The Morgan fingerprint density at radius 3 is 2.50 bits per heavy atom. The van der Waals surface area contributed by atoms with Crippen molar-refractivity contribution < 1.29 is 9.90 Å². The molecule has 0 aliphatic heterocycles. The number of nitrogens with zero attached hydrogens (tertiary/aromatic N) is 1. The fraction of sp³-hybridized carbons (Fsp3) is 0.533. The summed E-state index contributed by atoms with van der Waals surface area (Å²) < 4.78 is 0. The molecule has 0 radical (unpaired) electrons. The van der Waals surface area contributed by atoms with E-state index in [0.717, 1.165) is 37.2 Å². The number of likely N-dealkylation sites (N-methyl/N-ethyl adjacent to an activating group) is 1. The van der Waals surface area contributed by atoms with Crippen molar-refractivity contribution in [1.29, 1.82) is 0 Å². The first-order valence-corrected chi connectivity index (χ1v) is 7.15. The average molecular weight is 277 g/mol. The molecule has 1 aromatic carbocycles. The van der Waals surface area contributed by atoms with E-state index in [-0.39, 0.29) is 12.5 Å². The molecule has 1 aromatic rings. The second-order valence-electron chi connectivity index (χ2n) is 5.31. The minimum absolute atomic E-state index is 0.0980. The Hall–Kier alpha value is -1.59. The molecule has 20 heavy (non-hydrogen) atoms. The molecule has 0 aromatic heterocycles. The van der Waals surface area contributed by atoms with Crippen LogP contribution < -0.4 is 16.0 Å². The highest BCUT2D eigenvalue weighted by Crippen LogP contribution is 2.30. The number of carbonyl (C=O) groups excluding carboxylic acids is 1. The first-order chi connectivity index (χ1) is 9.59. The van der Waals surface area contributed by atoms with Crippen molar-refractivity contribution in [3.8, 4) is 0 Å². The first-order valence-electron chi connectivity index (χ1n) is 7.15. The molecular weight excluding hydrogens is 254 g/mol. The van der Waals surface area contributed by atoms with Crippen molar-refractivity contribution in [2.75, 3.05) is 29.9 Å². The summed E-state index contributed by atoms with van der Waals surface area (Å²) in [6, 6.07) is 7.63. The number of aliphatic hydroxyl groups excluding tert-OH is 1. The van der Waals surface area contributed by atoms with E-state index in [0.29, 0.717) is 6.54 Å². The third-order valence-electron chi connectivity index (χ3n) is 3.94. The molecule has 0 saturated heterocycles. The molecule has 0 spiro atoms. The van der Waals surface area contributed by atoms with Crippen LogP contribution >= 0.6 is 0 Å². The lowest BCUT2D eigenvalue weighted by Crippen LogP contribution is -2.56. The van der Waals surface area contributed by atoms with Gasteiger partial charge in [-0.25, -0.2) is 0 Å². The summed E-state index contributed by atoms with van der Waals surface area (Å²) in [6.45, 7) is 3.61.